The van der Waals surface area contributed by atoms with Crippen molar-refractivity contribution in [2.24, 2.45) is 0 Å². The number of carbonyl (C=O) groups is 2. The Morgan fingerprint density at radius 1 is 1.29 bits per heavy atom. The Balaban J connectivity index is 1.90. The number of nitrogens with one attached hydrogen (secondary N) is 1. The van der Waals surface area contributed by atoms with Crippen LogP contribution >= 0.6 is 0 Å². The van der Waals surface area contributed by atoms with Crippen LogP contribution in [0.15, 0.2) is 12.2 Å². The highest BCUT2D eigenvalue weighted by molar-refractivity contribution is 6.12. The van der Waals surface area contributed by atoms with Crippen LogP contribution in [0, 0.1) is 0 Å². The summed E-state index contributed by atoms with van der Waals surface area (Å²) in [6, 6.07) is 0.288. The molecular formula is C10H14N2O2. The van der Waals surface area contributed by atoms with E-state index in [0.29, 0.717) is 6.54 Å². The number of hydrogen-bond acceptors (Lipinski definition) is 3. The van der Waals surface area contributed by atoms with E-state index in [-0.39, 0.29) is 17.9 Å². The van der Waals surface area contributed by atoms with Gasteiger partial charge in [0.25, 0.3) is 11.8 Å². The lowest BCUT2D eigenvalue weighted by Crippen LogP contribution is -2.45. The molecule has 4 heteroatoms. The van der Waals surface area contributed by atoms with Crippen LogP contribution in [0.3, 0.4) is 0 Å². The number of hydrogen-bond donors (Lipinski definition) is 1. The van der Waals surface area contributed by atoms with Crippen LogP contribution in [0.25, 0.3) is 0 Å². The van der Waals surface area contributed by atoms with Crippen molar-refractivity contribution in [3.05, 3.63) is 12.2 Å². The summed E-state index contributed by atoms with van der Waals surface area (Å²) in [6.45, 7) is 1.51. The Bertz CT molecular complexity index is 262. The highest BCUT2D eigenvalue weighted by Gasteiger charge is 2.26. The normalized spacial score (nSPS) is 27.4. The zero-order valence-corrected chi connectivity index (χ0v) is 8.03. The fourth-order valence-electron chi connectivity index (χ4n) is 1.91. The molecule has 1 N–H and O–H groups in total. The van der Waals surface area contributed by atoms with Crippen molar-refractivity contribution < 1.29 is 9.59 Å². The number of carbonyl (C=O) groups excluding carboxylic acids is 2. The van der Waals surface area contributed by atoms with Crippen molar-refractivity contribution >= 4 is 11.8 Å². The van der Waals surface area contributed by atoms with Gasteiger partial charge in [-0.3, -0.25) is 14.5 Å². The third-order valence-corrected chi connectivity index (χ3v) is 2.72. The Kier molecular flexibility index (Phi) is 2.63. The van der Waals surface area contributed by atoms with Crippen LogP contribution in [0.5, 0.6) is 0 Å². The average Bonchev–Trinajstić information content (AvgIpc) is 2.51. The van der Waals surface area contributed by atoms with Gasteiger partial charge in [0, 0.05) is 24.7 Å². The summed E-state index contributed by atoms with van der Waals surface area (Å²) in [5.41, 5.74) is 0. The summed E-state index contributed by atoms with van der Waals surface area (Å²) in [7, 11) is 0. The number of rotatable bonds is 2. The van der Waals surface area contributed by atoms with Gasteiger partial charge < -0.3 is 5.32 Å². The predicted octanol–water partition coefficient (Wildman–Crippen LogP) is 0.0535. The lowest BCUT2D eigenvalue weighted by atomic mass is 10.0. The molecule has 0 saturated carbocycles. The third-order valence-electron chi connectivity index (χ3n) is 2.72. The summed E-state index contributed by atoms with van der Waals surface area (Å²) < 4.78 is 0. The van der Waals surface area contributed by atoms with Gasteiger partial charge >= 0.3 is 0 Å². The van der Waals surface area contributed by atoms with Gasteiger partial charge in [0.15, 0.2) is 0 Å². The van der Waals surface area contributed by atoms with Crippen molar-refractivity contribution in [1.82, 2.24) is 10.2 Å². The van der Waals surface area contributed by atoms with Crippen LogP contribution in [-0.4, -0.2) is 35.8 Å². The average molecular weight is 194 g/mol. The SMILES string of the molecule is O=C1C=CC(=O)N1CC1CCCCN1. The fourth-order valence-corrected chi connectivity index (χ4v) is 1.91. The van der Waals surface area contributed by atoms with E-state index >= 15 is 0 Å². The molecule has 2 heterocycles. The van der Waals surface area contributed by atoms with Crippen LogP contribution < -0.4 is 5.32 Å². The van der Waals surface area contributed by atoms with Crippen molar-refractivity contribution in [1.29, 1.82) is 0 Å². The van der Waals surface area contributed by atoms with Crippen LogP contribution in [0.4, 0.5) is 0 Å². The summed E-state index contributed by atoms with van der Waals surface area (Å²) in [5.74, 6) is -0.357. The van der Waals surface area contributed by atoms with E-state index < -0.39 is 0 Å². The second kappa shape index (κ2) is 3.92. The minimum absolute atomic E-state index is 0.178. The molecule has 1 unspecified atom stereocenters. The van der Waals surface area contributed by atoms with E-state index in [1.165, 1.54) is 29.9 Å². The predicted molar refractivity (Wildman–Crippen MR) is 51.5 cm³/mol. The molecule has 2 aliphatic rings. The van der Waals surface area contributed by atoms with Gasteiger partial charge in [-0.05, 0) is 19.4 Å². The smallest absolute Gasteiger partial charge is 0.253 e. The van der Waals surface area contributed by atoms with Crippen LogP contribution in [0.1, 0.15) is 19.3 Å². The lowest BCUT2D eigenvalue weighted by Gasteiger charge is -2.26. The lowest BCUT2D eigenvalue weighted by molar-refractivity contribution is -0.137. The first-order valence-electron chi connectivity index (χ1n) is 5.04. The van der Waals surface area contributed by atoms with E-state index in [4.69, 9.17) is 0 Å². The highest BCUT2D eigenvalue weighted by atomic mass is 16.2. The minimum Gasteiger partial charge on any atom is -0.312 e. The van der Waals surface area contributed by atoms with Crippen LogP contribution in [-0.2, 0) is 9.59 Å². The molecule has 1 atom stereocenters. The molecule has 1 fully saturated rings. The molecule has 0 spiro atoms. The summed E-state index contributed by atoms with van der Waals surface area (Å²) in [4.78, 5) is 23.8. The third kappa shape index (κ3) is 1.85. The van der Waals surface area contributed by atoms with Gasteiger partial charge in [-0.1, -0.05) is 6.42 Å². The Morgan fingerprint density at radius 2 is 2.00 bits per heavy atom. The first-order valence-corrected chi connectivity index (χ1v) is 5.04. The number of imide groups is 1. The molecule has 0 aliphatic carbocycles. The quantitative estimate of drug-likeness (QED) is 0.632. The Morgan fingerprint density at radius 3 is 2.57 bits per heavy atom. The van der Waals surface area contributed by atoms with E-state index in [1.54, 1.807) is 0 Å². The van der Waals surface area contributed by atoms with E-state index in [9.17, 15) is 9.59 Å². The maximum absolute atomic E-state index is 11.2. The molecule has 2 rings (SSSR count). The zero-order chi connectivity index (χ0) is 9.97. The van der Waals surface area contributed by atoms with Gasteiger partial charge in [0.1, 0.15) is 0 Å². The standard InChI is InChI=1S/C10H14N2O2/c13-9-4-5-10(14)12(9)7-8-3-1-2-6-11-8/h4-5,8,11H,1-3,6-7H2. The second-order valence-corrected chi connectivity index (χ2v) is 3.77. The number of nitrogens with zero attached hydrogens (tertiary/aromatic N) is 1. The molecule has 4 nitrogen and oxygen atoms in total. The minimum atomic E-state index is -0.178. The second-order valence-electron chi connectivity index (χ2n) is 3.77. The van der Waals surface area contributed by atoms with Gasteiger partial charge in [-0.25, -0.2) is 0 Å². The van der Waals surface area contributed by atoms with E-state index in [1.807, 2.05) is 0 Å². The van der Waals surface area contributed by atoms with Gasteiger partial charge in [-0.15, -0.1) is 0 Å². The molecule has 2 amide bonds. The van der Waals surface area contributed by atoms with Crippen LogP contribution in [0.2, 0.25) is 0 Å². The number of piperidine rings is 1. The topological polar surface area (TPSA) is 49.4 Å². The first kappa shape index (κ1) is 9.40. The molecular weight excluding hydrogens is 180 g/mol. The van der Waals surface area contributed by atoms with Gasteiger partial charge in [0.05, 0.1) is 0 Å². The Hall–Kier alpha value is -1.16. The zero-order valence-electron chi connectivity index (χ0n) is 8.03. The molecule has 0 aromatic carbocycles. The van der Waals surface area contributed by atoms with E-state index in [0.717, 1.165) is 13.0 Å². The maximum atomic E-state index is 11.2. The van der Waals surface area contributed by atoms with Gasteiger partial charge in [-0.2, -0.15) is 0 Å². The Labute approximate surface area is 83.0 Å². The molecule has 0 radical (unpaired) electrons. The maximum Gasteiger partial charge on any atom is 0.253 e. The molecule has 76 valence electrons. The molecule has 0 bridgehead atoms. The summed E-state index contributed by atoms with van der Waals surface area (Å²) in [6.07, 6.45) is 6.10. The first-order chi connectivity index (χ1) is 6.77. The van der Waals surface area contributed by atoms with Crippen molar-refractivity contribution in [3.63, 3.8) is 0 Å². The van der Waals surface area contributed by atoms with E-state index in [2.05, 4.69) is 5.32 Å². The highest BCUT2D eigenvalue weighted by Crippen LogP contribution is 2.11. The molecule has 0 aromatic rings. The van der Waals surface area contributed by atoms with Crippen molar-refractivity contribution in [3.8, 4) is 0 Å². The summed E-state index contributed by atoms with van der Waals surface area (Å²) in [5, 5.41) is 3.31. The number of amides is 2. The monoisotopic (exact) mass is 194 g/mol. The summed E-state index contributed by atoms with van der Waals surface area (Å²) >= 11 is 0. The van der Waals surface area contributed by atoms with Crippen molar-refractivity contribution in [2.75, 3.05) is 13.1 Å². The fraction of sp³-hybridized carbons (Fsp3) is 0.600. The molecule has 0 aromatic heterocycles. The van der Waals surface area contributed by atoms with Crippen molar-refractivity contribution in [2.45, 2.75) is 25.3 Å². The van der Waals surface area contributed by atoms with Gasteiger partial charge in [0.2, 0.25) is 0 Å². The molecule has 2 aliphatic heterocycles. The largest absolute Gasteiger partial charge is 0.312 e. The molecule has 14 heavy (non-hydrogen) atoms. The molecule has 1 saturated heterocycles.